The molecule has 1 aliphatic heterocycles. The molecule has 2 atom stereocenters. The molecule has 0 aromatic heterocycles. The van der Waals surface area contributed by atoms with Crippen LogP contribution in [0.1, 0.15) is 24.2 Å². The lowest BCUT2D eigenvalue weighted by atomic mass is 10.2. The van der Waals surface area contributed by atoms with Crippen molar-refractivity contribution in [3.05, 3.63) is 59.1 Å². The second kappa shape index (κ2) is 7.98. The number of ether oxygens (including phenoxy) is 1. The number of anilines is 1. The van der Waals surface area contributed by atoms with Crippen LogP contribution in [0, 0.1) is 0 Å². The number of carbonyl (C=O) groups is 1. The minimum Gasteiger partial charge on any atom is -0.373 e. The van der Waals surface area contributed by atoms with Gasteiger partial charge in [0.1, 0.15) is 0 Å². The zero-order valence-corrected chi connectivity index (χ0v) is 16.6. The van der Waals surface area contributed by atoms with Crippen LogP contribution >= 0.6 is 11.6 Å². The monoisotopic (exact) mass is 408 g/mol. The summed E-state index contributed by atoms with van der Waals surface area (Å²) in [4.78, 5) is 12.5. The second-order valence-corrected chi connectivity index (χ2v) is 8.88. The minimum absolute atomic E-state index is 0.155. The van der Waals surface area contributed by atoms with Gasteiger partial charge in [-0.2, -0.15) is 4.31 Å². The van der Waals surface area contributed by atoms with Gasteiger partial charge in [0.2, 0.25) is 10.0 Å². The Morgan fingerprint density at radius 1 is 1.07 bits per heavy atom. The van der Waals surface area contributed by atoms with Crippen LogP contribution in [0.15, 0.2) is 53.4 Å². The fraction of sp³-hybridized carbons (Fsp3) is 0.316. The van der Waals surface area contributed by atoms with E-state index >= 15 is 0 Å². The number of halogens is 1. The van der Waals surface area contributed by atoms with Crippen LogP contribution in [0.25, 0.3) is 0 Å². The number of rotatable bonds is 4. The Morgan fingerprint density at radius 3 is 2.26 bits per heavy atom. The Bertz CT molecular complexity index is 921. The van der Waals surface area contributed by atoms with E-state index in [-0.39, 0.29) is 23.0 Å². The van der Waals surface area contributed by atoms with Crippen molar-refractivity contribution in [2.45, 2.75) is 31.0 Å². The van der Waals surface area contributed by atoms with Crippen LogP contribution in [0.5, 0.6) is 0 Å². The zero-order valence-electron chi connectivity index (χ0n) is 15.1. The van der Waals surface area contributed by atoms with Gasteiger partial charge in [-0.15, -0.1) is 0 Å². The third-order valence-electron chi connectivity index (χ3n) is 4.25. The third kappa shape index (κ3) is 4.50. The predicted octanol–water partition coefficient (Wildman–Crippen LogP) is 3.39. The standard InChI is InChI=1S/C19H21ClN2O4S/c1-13-11-22(12-14(2)26-13)27(24,25)16-9-7-15(8-10-16)21-19(23)17-5-3-4-6-18(17)20/h3-10,13-14H,11-12H2,1-2H3,(H,21,23)/t13-,14-/m0/s1. The molecule has 144 valence electrons. The Balaban J connectivity index is 1.75. The molecule has 1 fully saturated rings. The van der Waals surface area contributed by atoms with Crippen LogP contribution in [0.3, 0.4) is 0 Å². The maximum Gasteiger partial charge on any atom is 0.257 e. The highest BCUT2D eigenvalue weighted by Gasteiger charge is 2.32. The van der Waals surface area contributed by atoms with Crippen molar-refractivity contribution in [2.75, 3.05) is 18.4 Å². The van der Waals surface area contributed by atoms with Crippen molar-refractivity contribution in [2.24, 2.45) is 0 Å². The molecule has 0 unspecified atom stereocenters. The molecule has 3 rings (SSSR count). The Morgan fingerprint density at radius 2 is 1.67 bits per heavy atom. The zero-order chi connectivity index (χ0) is 19.6. The summed E-state index contributed by atoms with van der Waals surface area (Å²) in [5.41, 5.74) is 0.842. The largest absolute Gasteiger partial charge is 0.373 e. The van der Waals surface area contributed by atoms with Gasteiger partial charge < -0.3 is 10.1 Å². The molecule has 6 nitrogen and oxygen atoms in total. The molecule has 27 heavy (non-hydrogen) atoms. The molecular formula is C19H21ClN2O4S. The number of hydrogen-bond donors (Lipinski definition) is 1. The van der Waals surface area contributed by atoms with Crippen LogP contribution in [-0.2, 0) is 14.8 Å². The third-order valence-corrected chi connectivity index (χ3v) is 6.43. The molecule has 1 aliphatic rings. The van der Waals surface area contributed by atoms with E-state index in [1.807, 2.05) is 13.8 Å². The fourth-order valence-corrected chi connectivity index (χ4v) is 4.84. The number of nitrogens with one attached hydrogen (secondary N) is 1. The van der Waals surface area contributed by atoms with Crippen molar-refractivity contribution in [3.8, 4) is 0 Å². The fourth-order valence-electron chi connectivity index (χ4n) is 3.03. The van der Waals surface area contributed by atoms with E-state index in [1.54, 1.807) is 36.4 Å². The first-order chi connectivity index (χ1) is 12.8. The molecule has 0 radical (unpaired) electrons. The molecule has 0 saturated carbocycles. The number of hydrogen-bond acceptors (Lipinski definition) is 4. The summed E-state index contributed by atoms with van der Waals surface area (Å²) >= 11 is 6.02. The molecular weight excluding hydrogens is 388 g/mol. The smallest absolute Gasteiger partial charge is 0.257 e. The van der Waals surface area contributed by atoms with Crippen LogP contribution in [0.2, 0.25) is 5.02 Å². The van der Waals surface area contributed by atoms with Gasteiger partial charge in [-0.3, -0.25) is 4.79 Å². The molecule has 1 heterocycles. The van der Waals surface area contributed by atoms with Gasteiger partial charge in [-0.1, -0.05) is 23.7 Å². The van der Waals surface area contributed by atoms with Gasteiger partial charge in [-0.05, 0) is 50.2 Å². The quantitative estimate of drug-likeness (QED) is 0.841. The van der Waals surface area contributed by atoms with Gasteiger partial charge in [0.15, 0.2) is 0 Å². The highest BCUT2D eigenvalue weighted by molar-refractivity contribution is 7.89. The summed E-state index contributed by atoms with van der Waals surface area (Å²) in [6.07, 6.45) is -0.310. The molecule has 2 aromatic carbocycles. The maximum atomic E-state index is 12.8. The summed E-state index contributed by atoms with van der Waals surface area (Å²) < 4.78 is 32.7. The van der Waals surface area contributed by atoms with E-state index in [2.05, 4.69) is 5.32 Å². The average Bonchev–Trinajstić information content (AvgIpc) is 2.61. The summed E-state index contributed by atoms with van der Waals surface area (Å²) in [5, 5.41) is 3.07. The van der Waals surface area contributed by atoms with Gasteiger partial charge >= 0.3 is 0 Å². The van der Waals surface area contributed by atoms with E-state index in [4.69, 9.17) is 16.3 Å². The van der Waals surface area contributed by atoms with Crippen LogP contribution in [0.4, 0.5) is 5.69 Å². The van der Waals surface area contributed by atoms with Gasteiger partial charge in [0.05, 0.1) is 27.7 Å². The van der Waals surface area contributed by atoms with Crippen molar-refractivity contribution < 1.29 is 17.9 Å². The number of amides is 1. The first-order valence-corrected chi connectivity index (χ1v) is 10.4. The lowest BCUT2D eigenvalue weighted by Gasteiger charge is -2.34. The summed E-state index contributed by atoms with van der Waals surface area (Å²) in [6.45, 7) is 4.34. The van der Waals surface area contributed by atoms with E-state index in [1.165, 1.54) is 16.4 Å². The summed E-state index contributed by atoms with van der Waals surface area (Å²) in [6, 6.07) is 12.8. The highest BCUT2D eigenvalue weighted by atomic mass is 35.5. The van der Waals surface area contributed by atoms with Crippen LogP contribution in [-0.4, -0.2) is 43.9 Å². The number of carbonyl (C=O) groups excluding carboxylic acids is 1. The SMILES string of the molecule is C[C@H]1CN(S(=O)(=O)c2ccc(NC(=O)c3ccccc3Cl)cc2)C[C@H](C)O1. The van der Waals surface area contributed by atoms with Gasteiger partial charge in [0, 0.05) is 18.8 Å². The molecule has 0 aliphatic carbocycles. The number of benzene rings is 2. The Hall–Kier alpha value is -1.93. The van der Waals surface area contributed by atoms with Gasteiger partial charge in [-0.25, -0.2) is 8.42 Å². The molecule has 1 amide bonds. The highest BCUT2D eigenvalue weighted by Crippen LogP contribution is 2.23. The number of sulfonamides is 1. The van der Waals surface area contributed by atoms with Crippen molar-refractivity contribution in [1.82, 2.24) is 4.31 Å². The summed E-state index contributed by atoms with van der Waals surface area (Å²) in [7, 11) is -3.61. The lowest BCUT2D eigenvalue weighted by Crippen LogP contribution is -2.48. The summed E-state index contributed by atoms with van der Waals surface area (Å²) in [5.74, 6) is -0.355. The minimum atomic E-state index is -3.61. The molecule has 8 heteroatoms. The predicted molar refractivity (Wildman–Crippen MR) is 105 cm³/mol. The van der Waals surface area contributed by atoms with E-state index < -0.39 is 10.0 Å². The van der Waals surface area contributed by atoms with Crippen LogP contribution < -0.4 is 5.32 Å². The molecule has 1 N–H and O–H groups in total. The van der Waals surface area contributed by atoms with Crippen molar-refractivity contribution in [1.29, 1.82) is 0 Å². The maximum absolute atomic E-state index is 12.8. The lowest BCUT2D eigenvalue weighted by molar-refractivity contribution is -0.0440. The van der Waals surface area contributed by atoms with Crippen molar-refractivity contribution in [3.63, 3.8) is 0 Å². The average molecular weight is 409 g/mol. The van der Waals surface area contributed by atoms with E-state index in [0.29, 0.717) is 29.4 Å². The Labute approximate surface area is 164 Å². The number of nitrogens with zero attached hydrogens (tertiary/aromatic N) is 1. The number of morpholine rings is 1. The second-order valence-electron chi connectivity index (χ2n) is 6.54. The van der Waals surface area contributed by atoms with E-state index in [9.17, 15) is 13.2 Å². The molecule has 0 spiro atoms. The first kappa shape index (κ1) is 19.8. The van der Waals surface area contributed by atoms with Gasteiger partial charge in [0.25, 0.3) is 5.91 Å². The molecule has 1 saturated heterocycles. The van der Waals surface area contributed by atoms with Crippen molar-refractivity contribution >= 4 is 33.2 Å². The molecule has 2 aromatic rings. The normalized spacial score (nSPS) is 21.0. The van der Waals surface area contributed by atoms with E-state index in [0.717, 1.165) is 0 Å². The molecule has 0 bridgehead atoms. The topological polar surface area (TPSA) is 75.7 Å². The Kier molecular flexibility index (Phi) is 5.86. The first-order valence-electron chi connectivity index (χ1n) is 8.59.